The van der Waals surface area contributed by atoms with Crippen molar-refractivity contribution in [3.05, 3.63) is 47.5 Å². The molecule has 5 nitrogen and oxygen atoms in total. The van der Waals surface area contributed by atoms with Crippen LogP contribution in [0.25, 0.3) is 0 Å². The van der Waals surface area contributed by atoms with Crippen molar-refractivity contribution in [2.75, 3.05) is 6.61 Å². The smallest absolute Gasteiger partial charge is 0.309 e. The molecule has 1 aliphatic carbocycles. The SMILES string of the molecule is CCOC(=O)[C@@H]1CC=C[C@@H](N2C(=O)c3ccccc3C2=O)C1. The maximum Gasteiger partial charge on any atom is 0.309 e. The Kier molecular flexibility index (Phi) is 3.79. The van der Waals surface area contributed by atoms with Crippen molar-refractivity contribution >= 4 is 17.8 Å². The number of amides is 2. The molecule has 2 atom stereocenters. The van der Waals surface area contributed by atoms with Crippen LogP contribution in [0, 0.1) is 5.92 Å². The fourth-order valence-corrected chi connectivity index (χ4v) is 3.02. The number of ether oxygens (including phenoxy) is 1. The van der Waals surface area contributed by atoms with Crippen LogP contribution >= 0.6 is 0 Å². The number of allylic oxidation sites excluding steroid dienone is 1. The van der Waals surface area contributed by atoms with Crippen molar-refractivity contribution in [1.82, 2.24) is 4.90 Å². The van der Waals surface area contributed by atoms with E-state index in [0.717, 1.165) is 0 Å². The third kappa shape index (κ3) is 2.32. The summed E-state index contributed by atoms with van der Waals surface area (Å²) in [6.07, 6.45) is 4.68. The molecule has 0 unspecified atom stereocenters. The topological polar surface area (TPSA) is 63.7 Å². The molecule has 1 heterocycles. The van der Waals surface area contributed by atoms with Gasteiger partial charge in [-0.05, 0) is 31.9 Å². The number of esters is 1. The lowest BCUT2D eigenvalue weighted by Crippen LogP contribution is -2.42. The standard InChI is InChI=1S/C17H17NO4/c1-2-22-17(21)11-6-5-7-12(10-11)18-15(19)13-8-3-4-9-14(13)16(18)20/h3-5,7-9,11-12H,2,6,10H2,1H3/t11-,12-/m1/s1. The van der Waals surface area contributed by atoms with E-state index in [9.17, 15) is 14.4 Å². The molecule has 1 aromatic carbocycles. The Balaban J connectivity index is 1.82. The summed E-state index contributed by atoms with van der Waals surface area (Å²) < 4.78 is 5.05. The predicted octanol–water partition coefficient (Wildman–Crippen LogP) is 2.18. The van der Waals surface area contributed by atoms with Crippen LogP contribution in [-0.4, -0.2) is 35.3 Å². The van der Waals surface area contributed by atoms with E-state index in [-0.39, 0.29) is 23.7 Å². The zero-order valence-corrected chi connectivity index (χ0v) is 12.3. The van der Waals surface area contributed by atoms with Gasteiger partial charge in [-0.3, -0.25) is 19.3 Å². The Morgan fingerprint density at radius 1 is 1.23 bits per heavy atom. The minimum Gasteiger partial charge on any atom is -0.466 e. The Morgan fingerprint density at radius 3 is 2.45 bits per heavy atom. The number of carbonyl (C=O) groups excluding carboxylic acids is 3. The zero-order valence-electron chi connectivity index (χ0n) is 12.3. The summed E-state index contributed by atoms with van der Waals surface area (Å²) >= 11 is 0. The van der Waals surface area contributed by atoms with Crippen molar-refractivity contribution < 1.29 is 19.1 Å². The highest BCUT2D eigenvalue weighted by Gasteiger charge is 2.41. The second-order valence-electron chi connectivity index (χ2n) is 5.44. The summed E-state index contributed by atoms with van der Waals surface area (Å²) in [5.41, 5.74) is 0.860. The number of fused-ring (bicyclic) bond motifs is 1. The van der Waals surface area contributed by atoms with Gasteiger partial charge in [0.25, 0.3) is 11.8 Å². The van der Waals surface area contributed by atoms with Crippen molar-refractivity contribution in [3.63, 3.8) is 0 Å². The quantitative estimate of drug-likeness (QED) is 0.487. The fraction of sp³-hybridized carbons (Fsp3) is 0.353. The van der Waals surface area contributed by atoms with E-state index >= 15 is 0 Å². The predicted molar refractivity (Wildman–Crippen MR) is 79.2 cm³/mol. The molecule has 2 aliphatic rings. The second-order valence-corrected chi connectivity index (χ2v) is 5.44. The maximum absolute atomic E-state index is 12.5. The highest BCUT2D eigenvalue weighted by atomic mass is 16.5. The molecule has 0 saturated heterocycles. The van der Waals surface area contributed by atoms with Crippen LogP contribution in [0.1, 0.15) is 40.5 Å². The summed E-state index contributed by atoms with van der Waals surface area (Å²) in [6.45, 7) is 2.09. The number of nitrogens with zero attached hydrogens (tertiary/aromatic N) is 1. The number of rotatable bonds is 3. The van der Waals surface area contributed by atoms with E-state index in [0.29, 0.717) is 30.6 Å². The summed E-state index contributed by atoms with van der Waals surface area (Å²) in [7, 11) is 0. The first-order valence-electron chi connectivity index (χ1n) is 7.43. The zero-order chi connectivity index (χ0) is 15.7. The Bertz CT molecular complexity index is 629. The normalized spacial score (nSPS) is 23.6. The van der Waals surface area contributed by atoms with Gasteiger partial charge < -0.3 is 4.74 Å². The molecule has 0 N–H and O–H groups in total. The Morgan fingerprint density at radius 2 is 1.86 bits per heavy atom. The lowest BCUT2D eigenvalue weighted by atomic mass is 9.90. The van der Waals surface area contributed by atoms with Crippen LogP contribution in [0.3, 0.4) is 0 Å². The van der Waals surface area contributed by atoms with Crippen LogP contribution in [-0.2, 0) is 9.53 Å². The minimum atomic E-state index is -0.393. The van der Waals surface area contributed by atoms with Crippen LogP contribution in [0.2, 0.25) is 0 Å². The number of hydrogen-bond donors (Lipinski definition) is 0. The molecule has 0 aromatic heterocycles. The molecule has 2 amide bonds. The van der Waals surface area contributed by atoms with E-state index < -0.39 is 6.04 Å². The summed E-state index contributed by atoms with van der Waals surface area (Å²) in [5.74, 6) is -1.16. The molecular formula is C17H17NO4. The Labute approximate surface area is 128 Å². The number of imide groups is 1. The van der Waals surface area contributed by atoms with Gasteiger partial charge in [-0.2, -0.15) is 0 Å². The average Bonchev–Trinajstić information content (AvgIpc) is 2.80. The van der Waals surface area contributed by atoms with Crippen LogP contribution in [0.4, 0.5) is 0 Å². The molecule has 0 saturated carbocycles. The van der Waals surface area contributed by atoms with Crippen molar-refractivity contribution in [1.29, 1.82) is 0 Å². The van der Waals surface area contributed by atoms with Gasteiger partial charge in [-0.1, -0.05) is 24.3 Å². The van der Waals surface area contributed by atoms with E-state index in [2.05, 4.69) is 0 Å². The third-order valence-corrected chi connectivity index (χ3v) is 4.08. The first-order chi connectivity index (χ1) is 10.6. The van der Waals surface area contributed by atoms with Gasteiger partial charge >= 0.3 is 5.97 Å². The van der Waals surface area contributed by atoms with Gasteiger partial charge in [0.1, 0.15) is 0 Å². The lowest BCUT2D eigenvalue weighted by molar-refractivity contribution is -0.148. The molecule has 3 rings (SSSR count). The van der Waals surface area contributed by atoms with E-state index in [4.69, 9.17) is 4.74 Å². The maximum atomic E-state index is 12.5. The van der Waals surface area contributed by atoms with Gasteiger partial charge in [0.05, 0.1) is 29.7 Å². The first kappa shape index (κ1) is 14.5. The molecule has 1 aliphatic heterocycles. The molecule has 5 heteroatoms. The highest BCUT2D eigenvalue weighted by molar-refractivity contribution is 6.21. The van der Waals surface area contributed by atoms with Crippen LogP contribution in [0.5, 0.6) is 0 Å². The molecule has 0 bridgehead atoms. The summed E-state index contributed by atoms with van der Waals surface area (Å²) in [6, 6.07) is 6.41. The van der Waals surface area contributed by atoms with E-state index in [1.54, 1.807) is 31.2 Å². The number of carbonyl (C=O) groups is 3. The largest absolute Gasteiger partial charge is 0.466 e. The van der Waals surface area contributed by atoms with Gasteiger partial charge in [0.15, 0.2) is 0 Å². The van der Waals surface area contributed by atoms with Gasteiger partial charge in [0, 0.05) is 0 Å². The highest BCUT2D eigenvalue weighted by Crippen LogP contribution is 2.30. The van der Waals surface area contributed by atoms with Crippen LogP contribution < -0.4 is 0 Å². The minimum absolute atomic E-state index is 0.270. The summed E-state index contributed by atoms with van der Waals surface area (Å²) in [4.78, 5) is 38.1. The first-order valence-corrected chi connectivity index (χ1v) is 7.43. The number of hydrogen-bond acceptors (Lipinski definition) is 4. The second kappa shape index (κ2) is 5.75. The molecule has 0 fully saturated rings. The molecule has 114 valence electrons. The van der Waals surface area contributed by atoms with Gasteiger partial charge in [-0.25, -0.2) is 0 Å². The van der Waals surface area contributed by atoms with Crippen molar-refractivity contribution in [2.45, 2.75) is 25.8 Å². The van der Waals surface area contributed by atoms with E-state index in [1.807, 2.05) is 12.2 Å². The lowest BCUT2D eigenvalue weighted by Gasteiger charge is -2.29. The third-order valence-electron chi connectivity index (χ3n) is 4.08. The molecule has 0 spiro atoms. The molecule has 0 radical (unpaired) electrons. The van der Waals surface area contributed by atoms with Crippen molar-refractivity contribution in [2.24, 2.45) is 5.92 Å². The van der Waals surface area contributed by atoms with E-state index in [1.165, 1.54) is 4.90 Å². The van der Waals surface area contributed by atoms with Gasteiger partial charge in [0.2, 0.25) is 0 Å². The number of benzene rings is 1. The summed E-state index contributed by atoms with van der Waals surface area (Å²) in [5, 5.41) is 0. The van der Waals surface area contributed by atoms with Crippen LogP contribution in [0.15, 0.2) is 36.4 Å². The average molecular weight is 299 g/mol. The Hall–Kier alpha value is -2.43. The molecule has 1 aromatic rings. The molecular weight excluding hydrogens is 282 g/mol. The fourth-order valence-electron chi connectivity index (χ4n) is 3.02. The molecule has 22 heavy (non-hydrogen) atoms. The van der Waals surface area contributed by atoms with Crippen molar-refractivity contribution in [3.8, 4) is 0 Å². The monoisotopic (exact) mass is 299 g/mol. The van der Waals surface area contributed by atoms with Gasteiger partial charge in [-0.15, -0.1) is 0 Å².